The second kappa shape index (κ2) is 3.06. The van der Waals surface area contributed by atoms with E-state index in [1.54, 1.807) is 0 Å². The number of sulfone groups is 1. The summed E-state index contributed by atoms with van der Waals surface area (Å²) in [5, 5.41) is 0. The summed E-state index contributed by atoms with van der Waals surface area (Å²) in [5.41, 5.74) is 5.20. The van der Waals surface area contributed by atoms with Gasteiger partial charge < -0.3 is 5.73 Å². The van der Waals surface area contributed by atoms with Crippen LogP contribution in [-0.2, 0) is 9.84 Å². The SMILES string of the molecule is NCCC1CS(=O)(=O)CC1F. The van der Waals surface area contributed by atoms with Gasteiger partial charge in [-0.25, -0.2) is 12.8 Å². The second-order valence-corrected chi connectivity index (χ2v) is 5.08. The molecule has 0 radical (unpaired) electrons. The molecule has 2 N–H and O–H groups in total. The summed E-state index contributed by atoms with van der Waals surface area (Å²) in [7, 11) is -3.10. The lowest BCUT2D eigenvalue weighted by Crippen LogP contribution is -2.17. The molecule has 0 spiro atoms. The molecule has 0 saturated carbocycles. The van der Waals surface area contributed by atoms with Crippen LogP contribution < -0.4 is 5.73 Å². The zero-order valence-corrected chi connectivity index (χ0v) is 6.98. The van der Waals surface area contributed by atoms with Gasteiger partial charge in [-0.3, -0.25) is 0 Å². The topological polar surface area (TPSA) is 60.2 Å². The quantitative estimate of drug-likeness (QED) is 0.637. The monoisotopic (exact) mass is 181 g/mol. The van der Waals surface area contributed by atoms with Crippen molar-refractivity contribution in [1.82, 2.24) is 0 Å². The normalized spacial score (nSPS) is 35.8. The Labute approximate surface area is 65.7 Å². The molecular weight excluding hydrogens is 169 g/mol. The Kier molecular flexibility index (Phi) is 2.49. The van der Waals surface area contributed by atoms with E-state index in [0.29, 0.717) is 13.0 Å². The van der Waals surface area contributed by atoms with Crippen molar-refractivity contribution in [3.05, 3.63) is 0 Å². The van der Waals surface area contributed by atoms with Gasteiger partial charge >= 0.3 is 0 Å². The first-order chi connectivity index (χ1) is 5.05. The molecule has 1 aliphatic heterocycles. The molecule has 66 valence electrons. The maximum Gasteiger partial charge on any atom is 0.153 e. The number of nitrogens with two attached hydrogens (primary N) is 1. The first-order valence-electron chi connectivity index (χ1n) is 3.60. The molecule has 2 atom stereocenters. The maximum absolute atomic E-state index is 12.8. The third kappa shape index (κ3) is 2.13. The van der Waals surface area contributed by atoms with Crippen LogP contribution in [0.15, 0.2) is 0 Å². The van der Waals surface area contributed by atoms with Gasteiger partial charge in [0, 0.05) is 5.92 Å². The van der Waals surface area contributed by atoms with Crippen molar-refractivity contribution in [3.8, 4) is 0 Å². The fourth-order valence-electron chi connectivity index (χ4n) is 1.36. The van der Waals surface area contributed by atoms with Crippen LogP contribution in [0.3, 0.4) is 0 Å². The first-order valence-corrected chi connectivity index (χ1v) is 5.42. The molecule has 1 saturated heterocycles. The Hall–Kier alpha value is -0.160. The summed E-state index contributed by atoms with van der Waals surface area (Å²) < 4.78 is 34.5. The molecule has 1 aliphatic rings. The third-order valence-electron chi connectivity index (χ3n) is 1.93. The van der Waals surface area contributed by atoms with E-state index >= 15 is 0 Å². The van der Waals surface area contributed by atoms with Crippen molar-refractivity contribution in [2.75, 3.05) is 18.1 Å². The Morgan fingerprint density at radius 3 is 2.45 bits per heavy atom. The highest BCUT2D eigenvalue weighted by molar-refractivity contribution is 7.91. The molecule has 0 aromatic carbocycles. The Bertz CT molecular complexity index is 227. The van der Waals surface area contributed by atoms with Crippen LogP contribution >= 0.6 is 0 Å². The van der Waals surface area contributed by atoms with Crippen molar-refractivity contribution in [2.45, 2.75) is 12.6 Å². The lowest BCUT2D eigenvalue weighted by atomic mass is 10.0. The maximum atomic E-state index is 12.8. The van der Waals surface area contributed by atoms with E-state index in [-0.39, 0.29) is 17.4 Å². The lowest BCUT2D eigenvalue weighted by molar-refractivity contribution is 0.276. The summed E-state index contributed by atoms with van der Waals surface area (Å²) >= 11 is 0. The van der Waals surface area contributed by atoms with Crippen molar-refractivity contribution in [1.29, 1.82) is 0 Å². The predicted octanol–water partition coefficient (Wildman–Crippen LogP) is -0.282. The van der Waals surface area contributed by atoms with Crippen molar-refractivity contribution >= 4 is 9.84 Å². The zero-order chi connectivity index (χ0) is 8.48. The summed E-state index contributed by atoms with van der Waals surface area (Å²) in [6, 6.07) is 0. The molecule has 1 rings (SSSR count). The molecule has 3 nitrogen and oxygen atoms in total. The Morgan fingerprint density at radius 2 is 2.09 bits per heavy atom. The number of halogens is 1. The smallest absolute Gasteiger partial charge is 0.153 e. The average molecular weight is 181 g/mol. The fraction of sp³-hybridized carbons (Fsp3) is 1.00. The second-order valence-electron chi connectivity index (χ2n) is 2.93. The van der Waals surface area contributed by atoms with Gasteiger partial charge in [0.05, 0.1) is 11.5 Å². The van der Waals surface area contributed by atoms with E-state index in [1.807, 2.05) is 0 Å². The molecule has 5 heteroatoms. The molecule has 0 amide bonds. The summed E-state index contributed by atoms with van der Waals surface area (Å²) in [6.45, 7) is 0.362. The van der Waals surface area contributed by atoms with Gasteiger partial charge in [-0.2, -0.15) is 0 Å². The van der Waals surface area contributed by atoms with Gasteiger partial charge in [0.25, 0.3) is 0 Å². The van der Waals surface area contributed by atoms with Crippen LogP contribution in [0.4, 0.5) is 4.39 Å². The third-order valence-corrected chi connectivity index (χ3v) is 3.69. The van der Waals surface area contributed by atoms with Gasteiger partial charge in [0.1, 0.15) is 6.17 Å². The van der Waals surface area contributed by atoms with E-state index < -0.39 is 16.0 Å². The number of rotatable bonds is 2. The number of alkyl halides is 1. The van der Waals surface area contributed by atoms with E-state index in [4.69, 9.17) is 5.73 Å². The average Bonchev–Trinajstić information content (AvgIpc) is 2.07. The zero-order valence-electron chi connectivity index (χ0n) is 6.16. The minimum absolute atomic E-state index is 0.0225. The minimum atomic E-state index is -3.10. The highest BCUT2D eigenvalue weighted by Crippen LogP contribution is 2.24. The van der Waals surface area contributed by atoms with Gasteiger partial charge in [0.2, 0.25) is 0 Å². The highest BCUT2D eigenvalue weighted by Gasteiger charge is 2.36. The van der Waals surface area contributed by atoms with E-state index in [2.05, 4.69) is 0 Å². The standard InChI is InChI=1S/C6H12FNO2S/c7-6-4-11(9,10)3-5(6)1-2-8/h5-6H,1-4,8H2. The predicted molar refractivity (Wildman–Crippen MR) is 40.7 cm³/mol. The Balaban J connectivity index is 2.59. The Morgan fingerprint density at radius 1 is 1.45 bits per heavy atom. The molecule has 1 heterocycles. The van der Waals surface area contributed by atoms with Crippen LogP contribution in [0, 0.1) is 5.92 Å². The fourth-order valence-corrected chi connectivity index (χ4v) is 3.28. The van der Waals surface area contributed by atoms with E-state index in [9.17, 15) is 12.8 Å². The molecule has 0 aromatic heterocycles. The molecule has 11 heavy (non-hydrogen) atoms. The lowest BCUT2D eigenvalue weighted by Gasteiger charge is -2.07. The molecular formula is C6H12FNO2S. The highest BCUT2D eigenvalue weighted by atomic mass is 32.2. The molecule has 0 bridgehead atoms. The van der Waals surface area contributed by atoms with E-state index in [1.165, 1.54) is 0 Å². The molecule has 2 unspecified atom stereocenters. The van der Waals surface area contributed by atoms with E-state index in [0.717, 1.165) is 0 Å². The van der Waals surface area contributed by atoms with Gasteiger partial charge in [-0.15, -0.1) is 0 Å². The largest absolute Gasteiger partial charge is 0.330 e. The molecule has 0 aromatic rings. The van der Waals surface area contributed by atoms with Crippen molar-refractivity contribution < 1.29 is 12.8 Å². The summed E-state index contributed by atoms with van der Waals surface area (Å²) in [4.78, 5) is 0. The van der Waals surface area contributed by atoms with Gasteiger partial charge in [-0.1, -0.05) is 0 Å². The first kappa shape index (κ1) is 8.93. The van der Waals surface area contributed by atoms with Crippen LogP contribution in [0.5, 0.6) is 0 Å². The van der Waals surface area contributed by atoms with Gasteiger partial charge in [0.15, 0.2) is 9.84 Å². The molecule has 1 fully saturated rings. The van der Waals surface area contributed by atoms with Crippen LogP contribution in [-0.4, -0.2) is 32.6 Å². The summed E-state index contributed by atoms with van der Waals surface area (Å²) in [5.74, 6) is -0.687. The molecule has 0 aliphatic carbocycles. The number of hydrogen-bond donors (Lipinski definition) is 1. The van der Waals surface area contributed by atoms with Crippen molar-refractivity contribution in [3.63, 3.8) is 0 Å². The van der Waals surface area contributed by atoms with Crippen molar-refractivity contribution in [2.24, 2.45) is 11.7 Å². The van der Waals surface area contributed by atoms with Crippen LogP contribution in [0.25, 0.3) is 0 Å². The summed E-state index contributed by atoms with van der Waals surface area (Å²) in [6.07, 6.45) is -0.719. The minimum Gasteiger partial charge on any atom is -0.330 e. The number of hydrogen-bond acceptors (Lipinski definition) is 3. The van der Waals surface area contributed by atoms with Gasteiger partial charge in [-0.05, 0) is 13.0 Å². The van der Waals surface area contributed by atoms with Crippen LogP contribution in [0.2, 0.25) is 0 Å². The van der Waals surface area contributed by atoms with Crippen LogP contribution in [0.1, 0.15) is 6.42 Å².